The first-order valence-corrected chi connectivity index (χ1v) is 7.92. The molecule has 0 spiro atoms. The van der Waals surface area contributed by atoms with Crippen molar-refractivity contribution >= 4 is 22.9 Å². The van der Waals surface area contributed by atoms with Gasteiger partial charge in [-0.2, -0.15) is 0 Å². The van der Waals surface area contributed by atoms with Crippen molar-refractivity contribution in [2.24, 2.45) is 5.73 Å². The fourth-order valence-corrected chi connectivity index (χ4v) is 3.43. The van der Waals surface area contributed by atoms with Crippen molar-refractivity contribution in [1.82, 2.24) is 4.98 Å². The molecule has 112 valence electrons. The molecule has 2 aromatic rings. The Kier molecular flexibility index (Phi) is 3.59. The van der Waals surface area contributed by atoms with Crippen LogP contribution in [0.1, 0.15) is 43.1 Å². The third-order valence-electron chi connectivity index (χ3n) is 3.37. The van der Waals surface area contributed by atoms with E-state index in [-0.39, 0.29) is 18.2 Å². The van der Waals surface area contributed by atoms with Gasteiger partial charge in [0.2, 0.25) is 6.79 Å². The Morgan fingerprint density at radius 2 is 2.10 bits per heavy atom. The van der Waals surface area contributed by atoms with Gasteiger partial charge in [0.25, 0.3) is 0 Å². The van der Waals surface area contributed by atoms with Gasteiger partial charge in [0.15, 0.2) is 11.5 Å². The van der Waals surface area contributed by atoms with Crippen molar-refractivity contribution in [2.45, 2.75) is 32.2 Å². The molecule has 1 aliphatic heterocycles. The number of hydrogen-bond acceptors (Lipinski definition) is 5. The second-order valence-corrected chi connectivity index (χ2v) is 7.33. The van der Waals surface area contributed by atoms with E-state index in [1.807, 2.05) is 12.1 Å². The summed E-state index contributed by atoms with van der Waals surface area (Å²) in [4.78, 5) is 4.66. The van der Waals surface area contributed by atoms with Crippen molar-refractivity contribution < 1.29 is 9.47 Å². The Bertz CT molecular complexity index is 679. The molecule has 0 fully saturated rings. The fraction of sp³-hybridized carbons (Fsp3) is 0.400. The monoisotopic (exact) mass is 324 g/mol. The number of rotatable bonds is 2. The van der Waals surface area contributed by atoms with Gasteiger partial charge in [0.05, 0.1) is 16.8 Å². The van der Waals surface area contributed by atoms with Gasteiger partial charge in [0, 0.05) is 10.8 Å². The Balaban J connectivity index is 1.94. The van der Waals surface area contributed by atoms with E-state index in [4.69, 9.17) is 26.8 Å². The average molecular weight is 325 g/mol. The minimum Gasteiger partial charge on any atom is -0.454 e. The van der Waals surface area contributed by atoms with Crippen LogP contribution in [0, 0.1) is 0 Å². The van der Waals surface area contributed by atoms with Crippen molar-refractivity contribution in [1.29, 1.82) is 0 Å². The van der Waals surface area contributed by atoms with Crippen LogP contribution in [0.3, 0.4) is 0 Å². The molecule has 1 aliphatic rings. The molecule has 0 bridgehead atoms. The van der Waals surface area contributed by atoms with Gasteiger partial charge in [-0.3, -0.25) is 0 Å². The maximum atomic E-state index is 6.33. The van der Waals surface area contributed by atoms with Gasteiger partial charge < -0.3 is 15.2 Å². The smallest absolute Gasteiger partial charge is 0.231 e. The van der Waals surface area contributed by atoms with Crippen LogP contribution in [0.15, 0.2) is 17.5 Å². The number of nitrogens with zero attached hydrogens (tertiary/aromatic N) is 1. The van der Waals surface area contributed by atoms with Crippen LogP contribution in [-0.2, 0) is 5.41 Å². The van der Waals surface area contributed by atoms with E-state index in [9.17, 15) is 0 Å². The molecule has 4 nitrogen and oxygen atoms in total. The highest BCUT2D eigenvalue weighted by Gasteiger charge is 2.24. The highest BCUT2D eigenvalue weighted by molar-refractivity contribution is 7.09. The Morgan fingerprint density at radius 3 is 2.76 bits per heavy atom. The van der Waals surface area contributed by atoms with Crippen molar-refractivity contribution in [2.75, 3.05) is 6.79 Å². The molecule has 1 aromatic heterocycles. The lowest BCUT2D eigenvalue weighted by Crippen LogP contribution is -2.15. The zero-order chi connectivity index (χ0) is 15.2. The average Bonchev–Trinajstić information content (AvgIpc) is 3.05. The van der Waals surface area contributed by atoms with Gasteiger partial charge in [-0.25, -0.2) is 4.98 Å². The lowest BCUT2D eigenvalue weighted by atomic mass is 9.93. The summed E-state index contributed by atoms with van der Waals surface area (Å²) in [7, 11) is 0. The van der Waals surface area contributed by atoms with E-state index in [1.54, 1.807) is 11.3 Å². The number of thiazole rings is 1. The number of halogens is 1. The summed E-state index contributed by atoms with van der Waals surface area (Å²) in [6, 6.07) is 3.37. The molecule has 0 saturated heterocycles. The molecule has 21 heavy (non-hydrogen) atoms. The van der Waals surface area contributed by atoms with Crippen LogP contribution in [0.5, 0.6) is 11.5 Å². The van der Waals surface area contributed by atoms with Gasteiger partial charge >= 0.3 is 0 Å². The van der Waals surface area contributed by atoms with Crippen LogP contribution in [-0.4, -0.2) is 11.8 Å². The molecule has 3 rings (SSSR count). The molecule has 2 heterocycles. The summed E-state index contributed by atoms with van der Waals surface area (Å²) < 4.78 is 10.7. The summed E-state index contributed by atoms with van der Waals surface area (Å²) in [5.74, 6) is 1.22. The zero-order valence-electron chi connectivity index (χ0n) is 12.1. The number of hydrogen-bond donors (Lipinski definition) is 1. The van der Waals surface area contributed by atoms with E-state index >= 15 is 0 Å². The molecule has 6 heteroatoms. The number of fused-ring (bicyclic) bond motifs is 1. The number of ether oxygens (including phenoxy) is 2. The van der Waals surface area contributed by atoms with E-state index in [0.29, 0.717) is 16.5 Å². The second kappa shape index (κ2) is 5.16. The zero-order valence-corrected chi connectivity index (χ0v) is 13.7. The summed E-state index contributed by atoms with van der Waals surface area (Å²) in [5, 5.41) is 3.45. The minimum absolute atomic E-state index is 0.0149. The standard InChI is InChI=1S/C15H17ClN2O2S/c1-15(2,3)11-6-21-14(18-11)12(17)8-4-9(16)13-10(5-8)19-7-20-13/h4-6,12H,7,17H2,1-3H3. The maximum Gasteiger partial charge on any atom is 0.231 e. The third-order valence-corrected chi connectivity index (χ3v) is 4.57. The Morgan fingerprint density at radius 1 is 1.33 bits per heavy atom. The quantitative estimate of drug-likeness (QED) is 0.911. The Labute approximate surface area is 132 Å². The van der Waals surface area contributed by atoms with Crippen LogP contribution in [0.25, 0.3) is 0 Å². The van der Waals surface area contributed by atoms with Crippen molar-refractivity contribution in [3.63, 3.8) is 0 Å². The summed E-state index contributed by atoms with van der Waals surface area (Å²) in [5.41, 5.74) is 8.26. The van der Waals surface area contributed by atoms with Gasteiger partial charge in [0.1, 0.15) is 5.01 Å². The molecule has 1 atom stereocenters. The minimum atomic E-state index is -0.321. The highest BCUT2D eigenvalue weighted by Crippen LogP contribution is 2.41. The molecule has 0 aliphatic carbocycles. The molecule has 0 saturated carbocycles. The lowest BCUT2D eigenvalue weighted by molar-refractivity contribution is 0.174. The van der Waals surface area contributed by atoms with Crippen LogP contribution in [0.4, 0.5) is 0 Å². The van der Waals surface area contributed by atoms with Crippen LogP contribution >= 0.6 is 22.9 Å². The summed E-state index contributed by atoms with van der Waals surface area (Å²) in [6.45, 7) is 6.59. The maximum absolute atomic E-state index is 6.33. The normalized spacial score (nSPS) is 15.3. The van der Waals surface area contributed by atoms with Crippen LogP contribution in [0.2, 0.25) is 5.02 Å². The van der Waals surface area contributed by atoms with E-state index in [2.05, 4.69) is 31.1 Å². The van der Waals surface area contributed by atoms with E-state index < -0.39 is 0 Å². The lowest BCUT2D eigenvalue weighted by Gasteiger charge is -2.15. The van der Waals surface area contributed by atoms with E-state index in [1.165, 1.54) is 0 Å². The predicted octanol–water partition coefficient (Wildman–Crippen LogP) is 3.87. The molecule has 0 radical (unpaired) electrons. The second-order valence-electron chi connectivity index (χ2n) is 6.04. The molecule has 1 unspecified atom stereocenters. The first-order valence-electron chi connectivity index (χ1n) is 6.67. The third kappa shape index (κ3) is 2.73. The van der Waals surface area contributed by atoms with Crippen molar-refractivity contribution in [3.8, 4) is 11.5 Å². The van der Waals surface area contributed by atoms with E-state index in [0.717, 1.165) is 16.3 Å². The molecular weight excluding hydrogens is 308 g/mol. The number of nitrogens with two attached hydrogens (primary N) is 1. The van der Waals surface area contributed by atoms with Gasteiger partial charge in [-0.1, -0.05) is 32.4 Å². The fourth-order valence-electron chi connectivity index (χ4n) is 2.08. The summed E-state index contributed by atoms with van der Waals surface area (Å²) >= 11 is 7.77. The number of benzene rings is 1. The molecule has 0 amide bonds. The first-order chi connectivity index (χ1) is 9.86. The topological polar surface area (TPSA) is 57.4 Å². The SMILES string of the molecule is CC(C)(C)c1csc(C(N)c2cc(Cl)c3c(c2)OCO3)n1. The molecular formula is C15H17ClN2O2S. The highest BCUT2D eigenvalue weighted by atomic mass is 35.5. The Hall–Kier alpha value is -1.30. The number of aromatic nitrogens is 1. The van der Waals surface area contributed by atoms with Crippen LogP contribution < -0.4 is 15.2 Å². The van der Waals surface area contributed by atoms with Gasteiger partial charge in [-0.15, -0.1) is 11.3 Å². The largest absolute Gasteiger partial charge is 0.454 e. The van der Waals surface area contributed by atoms with Gasteiger partial charge in [-0.05, 0) is 17.7 Å². The molecule has 2 N–H and O–H groups in total. The predicted molar refractivity (Wildman–Crippen MR) is 84.4 cm³/mol. The first kappa shape index (κ1) is 14.6. The summed E-state index contributed by atoms with van der Waals surface area (Å²) in [6.07, 6.45) is 0. The van der Waals surface area contributed by atoms with Crippen molar-refractivity contribution in [3.05, 3.63) is 38.8 Å². The molecule has 1 aromatic carbocycles.